The number of esters is 1. The van der Waals surface area contributed by atoms with E-state index in [1.165, 1.54) is 0 Å². The molecule has 0 bridgehead atoms. The number of carbonyl (C=O) groups is 1. The van der Waals surface area contributed by atoms with Gasteiger partial charge in [0, 0.05) is 17.1 Å². The van der Waals surface area contributed by atoms with Crippen LogP contribution in [-0.2, 0) is 16.1 Å². The highest BCUT2D eigenvalue weighted by Crippen LogP contribution is 2.29. The van der Waals surface area contributed by atoms with Gasteiger partial charge in [-0.3, -0.25) is 0 Å². The van der Waals surface area contributed by atoms with Crippen molar-refractivity contribution in [3.8, 4) is 5.75 Å². The summed E-state index contributed by atoms with van der Waals surface area (Å²) in [6.07, 6.45) is 0. The van der Waals surface area contributed by atoms with Crippen LogP contribution in [0.15, 0.2) is 46.9 Å². The van der Waals surface area contributed by atoms with Gasteiger partial charge in [0.05, 0.1) is 12.2 Å². The maximum atomic E-state index is 12.4. The molecular formula is C18H19BrO4. The van der Waals surface area contributed by atoms with Gasteiger partial charge in [0.25, 0.3) is 0 Å². The summed E-state index contributed by atoms with van der Waals surface area (Å²) in [6, 6.07) is 13.2. The van der Waals surface area contributed by atoms with Crippen LogP contribution >= 0.6 is 15.9 Å². The molecule has 2 aromatic rings. The van der Waals surface area contributed by atoms with Crippen LogP contribution in [0.3, 0.4) is 0 Å². The number of ether oxygens (including phenoxy) is 3. The third-order valence-electron chi connectivity index (χ3n) is 3.33. The SMILES string of the molecule is COCCOc1ccc(Br)c(C(=O)OCc2ccccc2)c1C. The highest BCUT2D eigenvalue weighted by molar-refractivity contribution is 9.10. The highest BCUT2D eigenvalue weighted by atomic mass is 79.9. The Balaban J connectivity index is 2.10. The zero-order chi connectivity index (χ0) is 16.7. The van der Waals surface area contributed by atoms with Crippen LogP contribution in [0.4, 0.5) is 0 Å². The van der Waals surface area contributed by atoms with Crippen LogP contribution in [0, 0.1) is 6.92 Å². The molecule has 4 nitrogen and oxygen atoms in total. The molecule has 0 heterocycles. The van der Waals surface area contributed by atoms with Crippen molar-refractivity contribution in [2.75, 3.05) is 20.3 Å². The first kappa shape index (κ1) is 17.5. The van der Waals surface area contributed by atoms with Crippen molar-refractivity contribution in [3.05, 3.63) is 63.6 Å². The summed E-state index contributed by atoms with van der Waals surface area (Å²) in [4.78, 5) is 12.4. The molecule has 0 aliphatic heterocycles. The van der Waals surface area contributed by atoms with Crippen molar-refractivity contribution in [1.29, 1.82) is 0 Å². The number of halogens is 1. The molecule has 2 aromatic carbocycles. The van der Waals surface area contributed by atoms with Gasteiger partial charge in [0.1, 0.15) is 19.0 Å². The number of benzene rings is 2. The van der Waals surface area contributed by atoms with Crippen LogP contribution in [0.25, 0.3) is 0 Å². The zero-order valence-electron chi connectivity index (χ0n) is 13.2. The number of rotatable bonds is 7. The van der Waals surface area contributed by atoms with Crippen molar-refractivity contribution >= 4 is 21.9 Å². The van der Waals surface area contributed by atoms with E-state index >= 15 is 0 Å². The van der Waals surface area contributed by atoms with Crippen molar-refractivity contribution in [1.82, 2.24) is 0 Å². The molecule has 0 saturated carbocycles. The van der Waals surface area contributed by atoms with E-state index in [4.69, 9.17) is 14.2 Å². The van der Waals surface area contributed by atoms with Crippen LogP contribution in [0.1, 0.15) is 21.5 Å². The normalized spacial score (nSPS) is 10.4. The lowest BCUT2D eigenvalue weighted by molar-refractivity contribution is 0.0470. The largest absolute Gasteiger partial charge is 0.491 e. The van der Waals surface area contributed by atoms with Crippen molar-refractivity contribution in [2.45, 2.75) is 13.5 Å². The third-order valence-corrected chi connectivity index (χ3v) is 3.99. The average Bonchev–Trinajstić information content (AvgIpc) is 2.56. The Morgan fingerprint density at radius 1 is 1.09 bits per heavy atom. The Labute approximate surface area is 144 Å². The minimum absolute atomic E-state index is 0.236. The molecule has 0 radical (unpaired) electrons. The lowest BCUT2D eigenvalue weighted by Gasteiger charge is -2.14. The molecule has 0 amide bonds. The van der Waals surface area contributed by atoms with Crippen LogP contribution in [0.2, 0.25) is 0 Å². The van der Waals surface area contributed by atoms with Gasteiger partial charge >= 0.3 is 5.97 Å². The van der Waals surface area contributed by atoms with Gasteiger partial charge in [-0.25, -0.2) is 4.79 Å². The molecule has 122 valence electrons. The molecule has 0 spiro atoms. The molecule has 0 aliphatic rings. The minimum atomic E-state index is -0.379. The fourth-order valence-electron chi connectivity index (χ4n) is 2.10. The van der Waals surface area contributed by atoms with Crippen molar-refractivity contribution in [2.24, 2.45) is 0 Å². The first-order chi connectivity index (χ1) is 11.1. The van der Waals surface area contributed by atoms with E-state index in [-0.39, 0.29) is 12.6 Å². The molecule has 5 heteroatoms. The van der Waals surface area contributed by atoms with Gasteiger partial charge in [-0.1, -0.05) is 30.3 Å². The maximum Gasteiger partial charge on any atom is 0.340 e. The third kappa shape index (κ3) is 4.81. The lowest BCUT2D eigenvalue weighted by atomic mass is 10.1. The zero-order valence-corrected chi connectivity index (χ0v) is 14.8. The van der Waals surface area contributed by atoms with Gasteiger partial charge in [-0.05, 0) is 40.5 Å². The van der Waals surface area contributed by atoms with Gasteiger partial charge in [0.2, 0.25) is 0 Å². The van der Waals surface area contributed by atoms with Crippen LogP contribution in [0.5, 0.6) is 5.75 Å². The van der Waals surface area contributed by atoms with Gasteiger partial charge in [0.15, 0.2) is 0 Å². The lowest BCUT2D eigenvalue weighted by Crippen LogP contribution is -2.11. The van der Waals surface area contributed by atoms with Gasteiger partial charge < -0.3 is 14.2 Å². The maximum absolute atomic E-state index is 12.4. The first-order valence-electron chi connectivity index (χ1n) is 7.25. The molecule has 0 aliphatic carbocycles. The molecule has 2 rings (SSSR count). The van der Waals surface area contributed by atoms with Crippen molar-refractivity contribution < 1.29 is 19.0 Å². The standard InChI is InChI=1S/C18H19BrO4/c1-13-16(22-11-10-21-2)9-8-15(19)17(13)18(20)23-12-14-6-4-3-5-7-14/h3-9H,10-12H2,1-2H3. The summed E-state index contributed by atoms with van der Waals surface area (Å²) < 4.78 is 16.7. The predicted molar refractivity (Wildman–Crippen MR) is 91.8 cm³/mol. The summed E-state index contributed by atoms with van der Waals surface area (Å²) in [5, 5.41) is 0. The van der Waals surface area contributed by atoms with Gasteiger partial charge in [-0.15, -0.1) is 0 Å². The molecule has 0 unspecified atom stereocenters. The highest BCUT2D eigenvalue weighted by Gasteiger charge is 2.18. The number of carbonyl (C=O) groups excluding carboxylic acids is 1. The molecule has 0 N–H and O–H groups in total. The summed E-state index contributed by atoms with van der Waals surface area (Å²) in [5.41, 5.74) is 2.17. The van der Waals surface area contributed by atoms with E-state index in [2.05, 4.69) is 15.9 Å². The number of hydrogen-bond acceptors (Lipinski definition) is 4. The van der Waals surface area contributed by atoms with Crippen molar-refractivity contribution in [3.63, 3.8) is 0 Å². The minimum Gasteiger partial charge on any atom is -0.491 e. The topological polar surface area (TPSA) is 44.8 Å². The molecule has 0 saturated heterocycles. The van der Waals surface area contributed by atoms with E-state index in [9.17, 15) is 4.79 Å². The Hall–Kier alpha value is -1.85. The van der Waals surface area contributed by atoms with E-state index in [1.807, 2.05) is 43.3 Å². The van der Waals surface area contributed by atoms with Crippen LogP contribution in [-0.4, -0.2) is 26.3 Å². The Kier molecular flexibility index (Phi) is 6.62. The summed E-state index contributed by atoms with van der Waals surface area (Å²) >= 11 is 3.41. The van der Waals surface area contributed by atoms with Gasteiger partial charge in [-0.2, -0.15) is 0 Å². The molecule has 0 aromatic heterocycles. The van der Waals surface area contributed by atoms with E-state index in [1.54, 1.807) is 13.2 Å². The predicted octanol–water partition coefficient (Wildman–Crippen LogP) is 4.14. The van der Waals surface area contributed by atoms with E-state index in [0.717, 1.165) is 11.1 Å². The summed E-state index contributed by atoms with van der Waals surface area (Å²) in [6.45, 7) is 2.99. The fourth-order valence-corrected chi connectivity index (χ4v) is 2.69. The summed E-state index contributed by atoms with van der Waals surface area (Å²) in [7, 11) is 1.62. The monoisotopic (exact) mass is 378 g/mol. The molecule has 0 atom stereocenters. The molecular weight excluding hydrogens is 360 g/mol. The van der Waals surface area contributed by atoms with E-state index in [0.29, 0.717) is 29.0 Å². The first-order valence-corrected chi connectivity index (χ1v) is 8.04. The Morgan fingerprint density at radius 2 is 1.83 bits per heavy atom. The average molecular weight is 379 g/mol. The van der Waals surface area contributed by atoms with Crippen LogP contribution < -0.4 is 4.74 Å². The second kappa shape index (κ2) is 8.70. The molecule has 0 fully saturated rings. The Morgan fingerprint density at radius 3 is 2.52 bits per heavy atom. The molecule has 23 heavy (non-hydrogen) atoms. The number of hydrogen-bond donors (Lipinski definition) is 0. The fraction of sp³-hybridized carbons (Fsp3) is 0.278. The Bertz CT molecular complexity index is 656. The smallest absolute Gasteiger partial charge is 0.340 e. The summed E-state index contributed by atoms with van der Waals surface area (Å²) in [5.74, 6) is 0.271. The van der Waals surface area contributed by atoms with E-state index < -0.39 is 0 Å². The number of methoxy groups -OCH3 is 1. The quantitative estimate of drug-likeness (QED) is 0.536. The second-order valence-corrected chi connectivity index (χ2v) is 5.80. The second-order valence-electron chi connectivity index (χ2n) is 4.95.